The summed E-state index contributed by atoms with van der Waals surface area (Å²) in [6, 6.07) is 8.09. The molecule has 0 fully saturated rings. The van der Waals surface area contributed by atoms with Crippen molar-refractivity contribution in [1.29, 1.82) is 5.26 Å². The van der Waals surface area contributed by atoms with Crippen molar-refractivity contribution in [3.8, 4) is 6.07 Å². The summed E-state index contributed by atoms with van der Waals surface area (Å²) in [5.41, 5.74) is 2.86. The number of fused-ring (bicyclic) bond motifs is 1. The van der Waals surface area contributed by atoms with Crippen LogP contribution in [0.5, 0.6) is 0 Å². The van der Waals surface area contributed by atoms with Crippen molar-refractivity contribution >= 4 is 0 Å². The lowest BCUT2D eigenvalue weighted by Gasteiger charge is -2.33. The molecule has 0 amide bonds. The van der Waals surface area contributed by atoms with Crippen molar-refractivity contribution < 1.29 is 4.74 Å². The second kappa shape index (κ2) is 3.11. The normalized spacial score (nSPS) is 18.4. The Hall–Kier alpha value is -1.33. The van der Waals surface area contributed by atoms with Gasteiger partial charge in [-0.15, -0.1) is 0 Å². The summed E-state index contributed by atoms with van der Waals surface area (Å²) < 4.78 is 5.68. The van der Waals surface area contributed by atoms with E-state index in [-0.39, 0.29) is 5.60 Å². The van der Waals surface area contributed by atoms with Crippen molar-refractivity contribution in [3.05, 3.63) is 34.9 Å². The van der Waals surface area contributed by atoms with Crippen molar-refractivity contribution in [3.63, 3.8) is 0 Å². The molecular weight excluding hydrogens is 174 g/mol. The lowest BCUT2D eigenvalue weighted by molar-refractivity contribution is -0.0315. The molecule has 0 bridgehead atoms. The van der Waals surface area contributed by atoms with Gasteiger partial charge in [-0.25, -0.2) is 0 Å². The molecule has 0 atom stereocenters. The Kier molecular flexibility index (Phi) is 2.05. The van der Waals surface area contributed by atoms with Crippen LogP contribution >= 0.6 is 0 Å². The maximum absolute atomic E-state index is 8.97. The Balaban J connectivity index is 2.62. The Bertz CT molecular complexity index is 401. The summed E-state index contributed by atoms with van der Waals surface area (Å²) in [6.07, 6.45) is 0.850. The summed E-state index contributed by atoms with van der Waals surface area (Å²) in [6.45, 7) is 4.80. The minimum atomic E-state index is -0.250. The third-order valence-electron chi connectivity index (χ3n) is 2.76. The van der Waals surface area contributed by atoms with Crippen LogP contribution in [0, 0.1) is 11.3 Å². The molecule has 1 aromatic rings. The average molecular weight is 187 g/mol. The molecule has 0 saturated carbocycles. The molecular formula is C12H13NO. The van der Waals surface area contributed by atoms with E-state index < -0.39 is 0 Å². The summed E-state index contributed by atoms with van der Waals surface area (Å²) >= 11 is 0. The Morgan fingerprint density at radius 2 is 2.21 bits per heavy atom. The standard InChI is InChI=1S/C12H13NO/c1-12(2)11-5-3-4-9(8-13)10(11)6-7-14-12/h3-5H,6-7H2,1-2H3. The van der Waals surface area contributed by atoms with E-state index in [1.54, 1.807) is 0 Å². The van der Waals surface area contributed by atoms with Crippen molar-refractivity contribution in [2.45, 2.75) is 25.9 Å². The molecule has 1 aromatic carbocycles. The van der Waals surface area contributed by atoms with Gasteiger partial charge in [0, 0.05) is 0 Å². The van der Waals surface area contributed by atoms with Gasteiger partial charge in [-0.05, 0) is 37.5 Å². The number of hydrogen-bond acceptors (Lipinski definition) is 2. The Morgan fingerprint density at radius 1 is 1.43 bits per heavy atom. The number of ether oxygens (including phenoxy) is 1. The highest BCUT2D eigenvalue weighted by Gasteiger charge is 2.29. The van der Waals surface area contributed by atoms with Crippen LogP contribution < -0.4 is 0 Å². The molecule has 0 aliphatic carbocycles. The van der Waals surface area contributed by atoms with Crippen molar-refractivity contribution in [1.82, 2.24) is 0 Å². The summed E-state index contributed by atoms with van der Waals surface area (Å²) in [5.74, 6) is 0. The SMILES string of the molecule is CC1(C)OCCc2c(C#N)cccc21. The molecule has 2 heteroatoms. The topological polar surface area (TPSA) is 33.0 Å². The Labute approximate surface area is 84.1 Å². The molecule has 1 aliphatic heterocycles. The molecule has 0 unspecified atom stereocenters. The van der Waals surface area contributed by atoms with E-state index in [1.165, 1.54) is 0 Å². The van der Waals surface area contributed by atoms with Gasteiger partial charge in [-0.3, -0.25) is 0 Å². The predicted molar refractivity (Wildman–Crippen MR) is 53.8 cm³/mol. The largest absolute Gasteiger partial charge is 0.371 e. The minimum Gasteiger partial charge on any atom is -0.371 e. The van der Waals surface area contributed by atoms with Crippen LogP contribution in [0.2, 0.25) is 0 Å². The van der Waals surface area contributed by atoms with Crippen LogP contribution in [0.25, 0.3) is 0 Å². The molecule has 0 radical (unpaired) electrons. The van der Waals surface area contributed by atoms with Gasteiger partial charge >= 0.3 is 0 Å². The first kappa shape index (κ1) is 9.23. The van der Waals surface area contributed by atoms with Crippen molar-refractivity contribution in [2.24, 2.45) is 0 Å². The monoisotopic (exact) mass is 187 g/mol. The highest BCUT2D eigenvalue weighted by molar-refractivity contribution is 5.46. The number of rotatable bonds is 0. The van der Waals surface area contributed by atoms with Crippen LogP contribution in [-0.2, 0) is 16.8 Å². The van der Waals surface area contributed by atoms with Crippen LogP contribution in [0.3, 0.4) is 0 Å². The minimum absolute atomic E-state index is 0.250. The van der Waals surface area contributed by atoms with E-state index in [4.69, 9.17) is 10.00 Å². The molecule has 1 heterocycles. The smallest absolute Gasteiger partial charge is 0.0994 e. The first-order valence-electron chi connectivity index (χ1n) is 4.81. The number of nitriles is 1. The quantitative estimate of drug-likeness (QED) is 0.624. The van der Waals surface area contributed by atoms with Gasteiger partial charge in [0.1, 0.15) is 0 Å². The number of benzene rings is 1. The fourth-order valence-electron chi connectivity index (χ4n) is 2.01. The van der Waals surface area contributed by atoms with Gasteiger partial charge < -0.3 is 4.74 Å². The first-order chi connectivity index (χ1) is 6.65. The lowest BCUT2D eigenvalue weighted by Crippen LogP contribution is -2.29. The van der Waals surface area contributed by atoms with E-state index in [9.17, 15) is 0 Å². The van der Waals surface area contributed by atoms with Crippen LogP contribution in [-0.4, -0.2) is 6.61 Å². The van der Waals surface area contributed by atoms with Crippen LogP contribution in [0.1, 0.15) is 30.5 Å². The van der Waals surface area contributed by atoms with E-state index >= 15 is 0 Å². The molecule has 0 saturated heterocycles. The lowest BCUT2D eigenvalue weighted by atomic mass is 9.87. The first-order valence-corrected chi connectivity index (χ1v) is 4.81. The average Bonchev–Trinajstić information content (AvgIpc) is 2.17. The van der Waals surface area contributed by atoms with Gasteiger partial charge in [0.2, 0.25) is 0 Å². The van der Waals surface area contributed by atoms with Gasteiger partial charge in [-0.2, -0.15) is 5.26 Å². The summed E-state index contributed by atoms with van der Waals surface area (Å²) in [4.78, 5) is 0. The maximum atomic E-state index is 8.97. The second-order valence-electron chi connectivity index (χ2n) is 4.05. The van der Waals surface area contributed by atoms with E-state index in [0.29, 0.717) is 6.61 Å². The van der Waals surface area contributed by atoms with Gasteiger partial charge in [0.05, 0.1) is 23.8 Å². The summed E-state index contributed by atoms with van der Waals surface area (Å²) in [7, 11) is 0. The zero-order valence-corrected chi connectivity index (χ0v) is 8.50. The fourth-order valence-corrected chi connectivity index (χ4v) is 2.01. The van der Waals surface area contributed by atoms with E-state index in [2.05, 4.69) is 12.1 Å². The molecule has 0 N–H and O–H groups in total. The molecule has 1 aliphatic rings. The van der Waals surface area contributed by atoms with Gasteiger partial charge in [-0.1, -0.05) is 12.1 Å². The van der Waals surface area contributed by atoms with Gasteiger partial charge in [0.15, 0.2) is 0 Å². The highest BCUT2D eigenvalue weighted by atomic mass is 16.5. The molecule has 14 heavy (non-hydrogen) atoms. The maximum Gasteiger partial charge on any atom is 0.0994 e. The predicted octanol–water partition coefficient (Wildman–Crippen LogP) is 2.37. The third-order valence-corrected chi connectivity index (χ3v) is 2.76. The molecule has 2 rings (SSSR count). The number of hydrogen-bond donors (Lipinski definition) is 0. The van der Waals surface area contributed by atoms with Crippen LogP contribution in [0.4, 0.5) is 0 Å². The number of nitrogens with zero attached hydrogens (tertiary/aromatic N) is 1. The molecule has 0 aromatic heterocycles. The highest BCUT2D eigenvalue weighted by Crippen LogP contribution is 2.33. The fraction of sp³-hybridized carbons (Fsp3) is 0.417. The third kappa shape index (κ3) is 1.30. The molecule has 0 spiro atoms. The van der Waals surface area contributed by atoms with E-state index in [0.717, 1.165) is 23.1 Å². The zero-order valence-electron chi connectivity index (χ0n) is 8.50. The molecule has 2 nitrogen and oxygen atoms in total. The van der Waals surface area contributed by atoms with Gasteiger partial charge in [0.25, 0.3) is 0 Å². The second-order valence-corrected chi connectivity index (χ2v) is 4.05. The van der Waals surface area contributed by atoms with E-state index in [1.807, 2.05) is 26.0 Å². The molecule has 72 valence electrons. The summed E-state index contributed by atoms with van der Waals surface area (Å²) in [5, 5.41) is 8.97. The van der Waals surface area contributed by atoms with Crippen LogP contribution in [0.15, 0.2) is 18.2 Å². The zero-order chi connectivity index (χ0) is 10.2. The van der Waals surface area contributed by atoms with Crippen molar-refractivity contribution in [2.75, 3.05) is 6.61 Å². The Morgan fingerprint density at radius 3 is 2.93 bits per heavy atom.